The van der Waals surface area contributed by atoms with E-state index in [9.17, 15) is 43.0 Å². The van der Waals surface area contributed by atoms with E-state index in [-0.39, 0.29) is 65.3 Å². The van der Waals surface area contributed by atoms with E-state index in [0.717, 1.165) is 32.2 Å². The number of carboxylic acid groups (broad SMARTS) is 2. The van der Waals surface area contributed by atoms with E-state index in [1.54, 1.807) is 56.1 Å². The highest BCUT2D eigenvalue weighted by molar-refractivity contribution is 6.31. The third-order valence-electron chi connectivity index (χ3n) is 13.5. The van der Waals surface area contributed by atoms with Crippen LogP contribution >= 0.6 is 35.6 Å². The van der Waals surface area contributed by atoms with E-state index in [4.69, 9.17) is 43.6 Å². The van der Waals surface area contributed by atoms with Gasteiger partial charge in [-0.2, -0.15) is 0 Å². The molecule has 8 aromatic rings. The van der Waals surface area contributed by atoms with Gasteiger partial charge in [0, 0.05) is 73.2 Å². The summed E-state index contributed by atoms with van der Waals surface area (Å²) in [5.74, 6) is -2.06. The molecule has 4 aromatic heterocycles. The van der Waals surface area contributed by atoms with Crippen LogP contribution in [0.3, 0.4) is 0 Å². The molecule has 4 aromatic carbocycles. The molecular formula is C53H55Cl3F2N10O8. The summed E-state index contributed by atoms with van der Waals surface area (Å²) in [6, 6.07) is 17.1. The van der Waals surface area contributed by atoms with Crippen molar-refractivity contribution in [2.75, 3.05) is 36.0 Å². The van der Waals surface area contributed by atoms with Crippen molar-refractivity contribution in [3.05, 3.63) is 137 Å². The van der Waals surface area contributed by atoms with Gasteiger partial charge in [0.25, 0.3) is 11.1 Å². The number of nitrogens with one attached hydrogen (secondary N) is 1. The minimum atomic E-state index is -1.11. The molecule has 2 atom stereocenters. The first-order valence-electron chi connectivity index (χ1n) is 24.2. The van der Waals surface area contributed by atoms with E-state index in [1.165, 1.54) is 69.8 Å². The largest absolute Gasteiger partial charge is 0.478 e. The predicted molar refractivity (Wildman–Crippen MR) is 291 cm³/mol. The molecule has 5 N–H and O–H groups in total. The SMILES string of the molecule is Cl.Cn1c(=O)c2c(nc(N3CCC[C@@H](N)C3)n2Cc2cc(F)ccc2Cl)c2ccc(C(=O)O)cc21.Cn1c(=O)c2c(nc(N3CCC[C@@H](NC(=O)OC(C)(C)C)C3)n2Cc2cc(F)ccc2Cl)c2ccc(C(=O)O)cc21. The van der Waals surface area contributed by atoms with Crippen LogP contribution in [-0.4, -0.2) is 100 Å². The maximum Gasteiger partial charge on any atom is 0.407 e. The van der Waals surface area contributed by atoms with Gasteiger partial charge in [0.2, 0.25) is 11.9 Å². The Morgan fingerprint density at radius 3 is 1.59 bits per heavy atom. The highest BCUT2D eigenvalue weighted by Gasteiger charge is 2.31. The summed E-state index contributed by atoms with van der Waals surface area (Å²) in [7, 11) is 3.17. The highest BCUT2D eigenvalue weighted by Crippen LogP contribution is 2.33. The number of imidazole rings is 2. The van der Waals surface area contributed by atoms with Gasteiger partial charge in [-0.1, -0.05) is 23.2 Å². The summed E-state index contributed by atoms with van der Waals surface area (Å²) in [4.78, 5) is 76.7. The Morgan fingerprint density at radius 2 is 1.16 bits per heavy atom. The van der Waals surface area contributed by atoms with E-state index < -0.39 is 35.3 Å². The summed E-state index contributed by atoms with van der Waals surface area (Å²) in [5.41, 5.74) is 8.33. The fraction of sp³-hybridized carbons (Fsp3) is 0.340. The number of alkyl carbamates (subject to hydrolysis) is 1. The second-order valence-corrected chi connectivity index (χ2v) is 20.8. The van der Waals surface area contributed by atoms with Crippen LogP contribution in [0, 0.1) is 11.6 Å². The molecule has 0 radical (unpaired) electrons. The summed E-state index contributed by atoms with van der Waals surface area (Å²) in [6.07, 6.45) is 2.74. The van der Waals surface area contributed by atoms with Crippen LogP contribution in [0.5, 0.6) is 0 Å². The van der Waals surface area contributed by atoms with Crippen LogP contribution in [0.15, 0.2) is 82.4 Å². The number of carboxylic acids is 2. The molecule has 2 aliphatic rings. The molecule has 1 amide bonds. The first-order valence-corrected chi connectivity index (χ1v) is 25.0. The van der Waals surface area contributed by atoms with Gasteiger partial charge in [-0.15, -0.1) is 12.4 Å². The fourth-order valence-electron chi connectivity index (χ4n) is 9.91. The molecule has 0 unspecified atom stereocenters. The summed E-state index contributed by atoms with van der Waals surface area (Å²) in [6.45, 7) is 7.89. The zero-order valence-corrected chi connectivity index (χ0v) is 44.4. The highest BCUT2D eigenvalue weighted by atomic mass is 35.5. The number of aromatic nitrogens is 6. The zero-order chi connectivity index (χ0) is 53.8. The minimum absolute atomic E-state index is 0. The van der Waals surface area contributed by atoms with Gasteiger partial charge in [0.05, 0.1) is 35.2 Å². The Labute approximate surface area is 449 Å². The average molecular weight is 1100 g/mol. The zero-order valence-electron chi connectivity index (χ0n) is 42.1. The number of hydrogen-bond donors (Lipinski definition) is 4. The van der Waals surface area contributed by atoms with Crippen LogP contribution in [0.25, 0.3) is 43.9 Å². The number of pyridine rings is 2. The molecule has 6 heterocycles. The van der Waals surface area contributed by atoms with Gasteiger partial charge in [-0.25, -0.2) is 33.1 Å². The van der Waals surface area contributed by atoms with E-state index in [1.807, 2.05) is 9.80 Å². The number of hydrogen-bond acceptors (Lipinski definition) is 11. The van der Waals surface area contributed by atoms with E-state index in [0.29, 0.717) is 91.1 Å². The third-order valence-corrected chi connectivity index (χ3v) is 14.2. The summed E-state index contributed by atoms with van der Waals surface area (Å²) in [5, 5.41) is 23.8. The lowest BCUT2D eigenvalue weighted by Crippen LogP contribution is -2.49. The number of nitrogens with two attached hydrogens (primary N) is 1. The number of halogens is 5. The molecule has 2 saturated heterocycles. The average Bonchev–Trinajstić information content (AvgIpc) is 4.00. The number of fused-ring (bicyclic) bond motifs is 6. The number of amides is 1. The number of carbonyl (C=O) groups excluding carboxylic acids is 1. The number of aromatic carboxylic acids is 2. The quantitative estimate of drug-likeness (QED) is 0.106. The molecule has 18 nitrogen and oxygen atoms in total. The number of aryl methyl sites for hydroxylation is 2. The van der Waals surface area contributed by atoms with Crippen molar-refractivity contribution in [3.8, 4) is 0 Å². The lowest BCUT2D eigenvalue weighted by atomic mass is 10.1. The van der Waals surface area contributed by atoms with Crippen LogP contribution in [0.4, 0.5) is 25.5 Å². The molecule has 0 saturated carbocycles. The van der Waals surface area contributed by atoms with Gasteiger partial charge in [0.1, 0.15) is 39.3 Å². The number of anilines is 2. The number of carbonyl (C=O) groups is 3. The second-order valence-electron chi connectivity index (χ2n) is 19.9. The molecule has 400 valence electrons. The van der Waals surface area contributed by atoms with E-state index >= 15 is 0 Å². The summed E-state index contributed by atoms with van der Waals surface area (Å²) >= 11 is 12.8. The van der Waals surface area contributed by atoms with Crippen molar-refractivity contribution in [3.63, 3.8) is 0 Å². The third kappa shape index (κ3) is 11.0. The smallest absolute Gasteiger partial charge is 0.407 e. The van der Waals surface area contributed by atoms with Gasteiger partial charge in [-0.05, 0) is 130 Å². The Bertz CT molecular complexity index is 3740. The molecule has 10 rings (SSSR count). The Hall–Kier alpha value is -7.26. The first-order chi connectivity index (χ1) is 35.6. The maximum absolute atomic E-state index is 14.2. The number of rotatable bonds is 9. The Kier molecular flexibility index (Phi) is 15.7. The van der Waals surface area contributed by atoms with Gasteiger partial charge in [-0.3, -0.25) is 9.59 Å². The molecule has 2 aliphatic heterocycles. The topological polar surface area (TPSA) is 225 Å². The standard InChI is InChI=1S/C29H31ClFN5O5.C24H23ClFN5O3.ClH/c1-29(2,3)41-28(40)32-19-6-5-11-35(15-19)27-33-23-20-9-7-16(26(38)39)13-22(20)34(4)25(37)24(23)36(27)14-17-12-18(31)8-10-21(17)30;1-29-19-10-13(23(33)34)4-6-17(19)20-21(22(29)32)31(11-14-9-15(26)5-7-18(14)25)24(28-20)30-8-2-3-16(27)12-30;/h7-10,12-13,19H,5-6,11,14-15H2,1-4H3,(H,32,40)(H,38,39);4-7,9-10,16H,2-3,8,11-12,27H2,1H3,(H,33,34);1H/t19-;16-;/m11./s1. The van der Waals surface area contributed by atoms with Gasteiger partial charge < -0.3 is 54.1 Å². The Balaban J connectivity index is 0.000000202. The molecule has 2 fully saturated rings. The van der Waals surface area contributed by atoms with Gasteiger partial charge in [0.15, 0.2) is 0 Å². The molecule has 0 bridgehead atoms. The van der Waals surface area contributed by atoms with Crippen LogP contribution < -0.4 is 32.0 Å². The Morgan fingerprint density at radius 1 is 0.711 bits per heavy atom. The van der Waals surface area contributed by atoms with Crippen LogP contribution in [0.1, 0.15) is 78.3 Å². The van der Waals surface area contributed by atoms with Gasteiger partial charge >= 0.3 is 18.0 Å². The number of ether oxygens (including phenoxy) is 1. The molecule has 0 spiro atoms. The minimum Gasteiger partial charge on any atom is -0.478 e. The van der Waals surface area contributed by atoms with Crippen molar-refractivity contribution in [2.24, 2.45) is 19.8 Å². The predicted octanol–water partition coefficient (Wildman–Crippen LogP) is 8.70. The van der Waals surface area contributed by atoms with Crippen molar-refractivity contribution < 1.29 is 38.1 Å². The van der Waals surface area contributed by atoms with E-state index in [2.05, 4.69) is 5.32 Å². The lowest BCUT2D eigenvalue weighted by Gasteiger charge is -2.34. The second kappa shape index (κ2) is 21.8. The normalized spacial score (nSPS) is 15.9. The molecular weight excluding hydrogens is 1050 g/mol. The van der Waals surface area contributed by atoms with Crippen molar-refractivity contribution >= 4 is 109 Å². The lowest BCUT2D eigenvalue weighted by molar-refractivity contribution is 0.0498. The van der Waals surface area contributed by atoms with Crippen LogP contribution in [0.2, 0.25) is 10.0 Å². The summed E-state index contributed by atoms with van der Waals surface area (Å²) < 4.78 is 40.0. The number of benzene rings is 4. The number of piperidine rings is 2. The van der Waals surface area contributed by atoms with Crippen molar-refractivity contribution in [1.82, 2.24) is 33.6 Å². The maximum atomic E-state index is 14.2. The van der Waals surface area contributed by atoms with Crippen LogP contribution in [-0.2, 0) is 31.9 Å². The van der Waals surface area contributed by atoms with Crippen molar-refractivity contribution in [2.45, 2.75) is 77.2 Å². The molecule has 23 heteroatoms. The monoisotopic (exact) mass is 1100 g/mol. The molecule has 0 aliphatic carbocycles. The fourth-order valence-corrected chi connectivity index (χ4v) is 10.3. The molecule has 76 heavy (non-hydrogen) atoms. The van der Waals surface area contributed by atoms with Crippen molar-refractivity contribution in [1.29, 1.82) is 0 Å². The first kappa shape index (κ1) is 55.0. The number of nitrogens with zero attached hydrogens (tertiary/aromatic N) is 8.